The Morgan fingerprint density at radius 3 is 2.62 bits per heavy atom. The van der Waals surface area contributed by atoms with Crippen molar-refractivity contribution in [3.05, 3.63) is 39.7 Å². The van der Waals surface area contributed by atoms with Crippen molar-refractivity contribution in [2.24, 2.45) is 5.73 Å². The Bertz CT molecular complexity index is 500. The van der Waals surface area contributed by atoms with Gasteiger partial charge in [0.15, 0.2) is 0 Å². The highest BCUT2D eigenvalue weighted by Crippen LogP contribution is 2.27. The molecule has 0 aliphatic heterocycles. The molecule has 2 N–H and O–H groups in total. The minimum atomic E-state index is 0.0181. The zero-order valence-electron chi connectivity index (χ0n) is 9.82. The Kier molecular flexibility index (Phi) is 3.08. The van der Waals surface area contributed by atoms with E-state index in [-0.39, 0.29) is 6.04 Å². The molecule has 1 aromatic carbocycles. The van der Waals surface area contributed by atoms with E-state index in [1.807, 2.05) is 6.92 Å². The topological polar surface area (TPSA) is 38.9 Å². The molecule has 0 amide bonds. The van der Waals surface area contributed by atoms with Gasteiger partial charge in [-0.15, -0.1) is 11.3 Å². The van der Waals surface area contributed by atoms with Crippen LogP contribution in [0.2, 0.25) is 0 Å². The van der Waals surface area contributed by atoms with Crippen LogP contribution in [0.4, 0.5) is 0 Å². The normalized spacial score (nSPS) is 12.8. The summed E-state index contributed by atoms with van der Waals surface area (Å²) in [6.07, 6.45) is 0. The Labute approximate surface area is 100 Å². The average Bonchev–Trinajstić information content (AvgIpc) is 2.66. The molecule has 1 heterocycles. The lowest BCUT2D eigenvalue weighted by Crippen LogP contribution is -2.03. The van der Waals surface area contributed by atoms with Crippen molar-refractivity contribution in [3.8, 4) is 11.3 Å². The summed E-state index contributed by atoms with van der Waals surface area (Å²) in [7, 11) is 0. The maximum atomic E-state index is 5.82. The van der Waals surface area contributed by atoms with E-state index in [9.17, 15) is 0 Å². The summed E-state index contributed by atoms with van der Waals surface area (Å²) < 4.78 is 0. The number of hydrogen-bond donors (Lipinski definition) is 1. The van der Waals surface area contributed by atoms with E-state index >= 15 is 0 Å². The van der Waals surface area contributed by atoms with Crippen LogP contribution in [0.15, 0.2) is 23.6 Å². The van der Waals surface area contributed by atoms with Gasteiger partial charge in [0.2, 0.25) is 0 Å². The summed E-state index contributed by atoms with van der Waals surface area (Å²) in [5.74, 6) is 0. The third kappa shape index (κ3) is 2.15. The SMILES string of the molecule is Cc1ccc(-c2csc(C(C)N)n2)c(C)c1. The lowest BCUT2D eigenvalue weighted by Gasteiger charge is -2.04. The molecule has 3 heteroatoms. The fraction of sp³-hybridized carbons (Fsp3) is 0.308. The number of thiazole rings is 1. The highest BCUT2D eigenvalue weighted by molar-refractivity contribution is 7.10. The van der Waals surface area contributed by atoms with E-state index in [1.165, 1.54) is 16.7 Å². The molecule has 1 unspecified atom stereocenters. The number of nitrogens with two attached hydrogens (primary N) is 1. The van der Waals surface area contributed by atoms with Crippen LogP contribution in [0.5, 0.6) is 0 Å². The molecule has 0 spiro atoms. The Morgan fingerprint density at radius 1 is 1.31 bits per heavy atom. The average molecular weight is 232 g/mol. The maximum absolute atomic E-state index is 5.82. The van der Waals surface area contributed by atoms with Gasteiger partial charge in [0, 0.05) is 10.9 Å². The predicted molar refractivity (Wildman–Crippen MR) is 69.6 cm³/mol. The number of benzene rings is 1. The summed E-state index contributed by atoms with van der Waals surface area (Å²) in [4.78, 5) is 4.56. The second-order valence-corrected chi connectivity index (χ2v) is 5.07. The molecule has 2 rings (SSSR count). The molecule has 84 valence electrons. The monoisotopic (exact) mass is 232 g/mol. The third-order valence-corrected chi connectivity index (χ3v) is 3.62. The van der Waals surface area contributed by atoms with E-state index in [2.05, 4.69) is 42.4 Å². The smallest absolute Gasteiger partial charge is 0.110 e. The molecule has 0 fully saturated rings. The summed E-state index contributed by atoms with van der Waals surface area (Å²) in [6, 6.07) is 6.45. The minimum Gasteiger partial charge on any atom is -0.322 e. The first-order valence-electron chi connectivity index (χ1n) is 5.36. The summed E-state index contributed by atoms with van der Waals surface area (Å²) in [5, 5.41) is 3.08. The number of rotatable bonds is 2. The minimum absolute atomic E-state index is 0.0181. The van der Waals surface area contributed by atoms with Crippen LogP contribution in [-0.2, 0) is 0 Å². The lowest BCUT2D eigenvalue weighted by atomic mass is 10.0. The van der Waals surface area contributed by atoms with Crippen molar-refractivity contribution >= 4 is 11.3 Å². The molecule has 0 radical (unpaired) electrons. The van der Waals surface area contributed by atoms with Gasteiger partial charge < -0.3 is 5.73 Å². The number of nitrogens with zero attached hydrogens (tertiary/aromatic N) is 1. The van der Waals surface area contributed by atoms with Crippen molar-refractivity contribution in [1.29, 1.82) is 0 Å². The van der Waals surface area contributed by atoms with Crippen molar-refractivity contribution < 1.29 is 0 Å². The molecular weight excluding hydrogens is 216 g/mol. The fourth-order valence-electron chi connectivity index (χ4n) is 1.72. The van der Waals surface area contributed by atoms with Crippen LogP contribution in [0.3, 0.4) is 0 Å². The van der Waals surface area contributed by atoms with E-state index in [1.54, 1.807) is 11.3 Å². The summed E-state index contributed by atoms with van der Waals surface area (Å²) in [6.45, 7) is 6.18. The van der Waals surface area contributed by atoms with Gasteiger partial charge in [0.1, 0.15) is 5.01 Å². The molecular formula is C13H16N2S. The molecule has 0 bridgehead atoms. The summed E-state index contributed by atoms with van der Waals surface area (Å²) in [5.41, 5.74) is 10.6. The molecule has 1 aromatic heterocycles. The first-order valence-corrected chi connectivity index (χ1v) is 6.24. The van der Waals surface area contributed by atoms with E-state index < -0.39 is 0 Å². The maximum Gasteiger partial charge on any atom is 0.110 e. The van der Waals surface area contributed by atoms with Crippen molar-refractivity contribution in [1.82, 2.24) is 4.98 Å². The first kappa shape index (κ1) is 11.3. The Morgan fingerprint density at radius 2 is 2.06 bits per heavy atom. The van der Waals surface area contributed by atoms with Gasteiger partial charge >= 0.3 is 0 Å². The van der Waals surface area contributed by atoms with Gasteiger partial charge in [-0.2, -0.15) is 0 Å². The highest BCUT2D eigenvalue weighted by Gasteiger charge is 2.09. The van der Waals surface area contributed by atoms with E-state index in [0.717, 1.165) is 10.7 Å². The van der Waals surface area contributed by atoms with Crippen molar-refractivity contribution in [2.45, 2.75) is 26.8 Å². The third-order valence-electron chi connectivity index (χ3n) is 2.57. The van der Waals surface area contributed by atoms with Gasteiger partial charge in [-0.05, 0) is 26.3 Å². The quantitative estimate of drug-likeness (QED) is 0.861. The second-order valence-electron chi connectivity index (χ2n) is 4.18. The molecule has 1 atom stereocenters. The van der Waals surface area contributed by atoms with Crippen LogP contribution in [0, 0.1) is 13.8 Å². The zero-order valence-corrected chi connectivity index (χ0v) is 10.6. The predicted octanol–water partition coefficient (Wildman–Crippen LogP) is 3.45. The molecule has 0 saturated heterocycles. The van der Waals surface area contributed by atoms with E-state index in [0.29, 0.717) is 0 Å². The summed E-state index contributed by atoms with van der Waals surface area (Å²) >= 11 is 1.63. The van der Waals surface area contributed by atoms with Gasteiger partial charge in [-0.25, -0.2) is 4.98 Å². The zero-order chi connectivity index (χ0) is 11.7. The number of aryl methyl sites for hydroxylation is 2. The molecule has 0 aliphatic rings. The fourth-order valence-corrected chi connectivity index (χ4v) is 2.50. The number of hydrogen-bond acceptors (Lipinski definition) is 3. The van der Waals surface area contributed by atoms with Crippen LogP contribution in [0.1, 0.15) is 29.1 Å². The van der Waals surface area contributed by atoms with Crippen molar-refractivity contribution in [2.75, 3.05) is 0 Å². The van der Waals surface area contributed by atoms with Crippen LogP contribution < -0.4 is 5.73 Å². The first-order chi connectivity index (χ1) is 7.58. The molecule has 16 heavy (non-hydrogen) atoms. The van der Waals surface area contributed by atoms with Crippen LogP contribution in [0.25, 0.3) is 11.3 Å². The van der Waals surface area contributed by atoms with E-state index in [4.69, 9.17) is 5.73 Å². The van der Waals surface area contributed by atoms with Gasteiger partial charge in [0.05, 0.1) is 11.7 Å². The molecule has 2 nitrogen and oxygen atoms in total. The van der Waals surface area contributed by atoms with Crippen LogP contribution in [-0.4, -0.2) is 4.98 Å². The Balaban J connectivity index is 2.42. The molecule has 0 saturated carbocycles. The van der Waals surface area contributed by atoms with Gasteiger partial charge in [-0.1, -0.05) is 23.8 Å². The number of aromatic nitrogens is 1. The molecule has 2 aromatic rings. The van der Waals surface area contributed by atoms with Crippen LogP contribution >= 0.6 is 11.3 Å². The Hall–Kier alpha value is -1.19. The highest BCUT2D eigenvalue weighted by atomic mass is 32.1. The largest absolute Gasteiger partial charge is 0.322 e. The standard InChI is InChI=1S/C13H16N2S/c1-8-4-5-11(9(2)6-8)12-7-16-13(15-12)10(3)14/h4-7,10H,14H2,1-3H3. The van der Waals surface area contributed by atoms with Gasteiger partial charge in [-0.3, -0.25) is 0 Å². The lowest BCUT2D eigenvalue weighted by molar-refractivity contribution is 0.808. The second kappa shape index (κ2) is 4.36. The van der Waals surface area contributed by atoms with Gasteiger partial charge in [0.25, 0.3) is 0 Å². The van der Waals surface area contributed by atoms with Crippen molar-refractivity contribution in [3.63, 3.8) is 0 Å². The molecule has 0 aliphatic carbocycles.